The number of benzene rings is 7. The van der Waals surface area contributed by atoms with E-state index < -0.39 is 0 Å². The summed E-state index contributed by atoms with van der Waals surface area (Å²) in [4.78, 5) is 0. The van der Waals surface area contributed by atoms with Gasteiger partial charge in [0.25, 0.3) is 0 Å². The first-order valence-electron chi connectivity index (χ1n) is 15.9. The minimum absolute atomic E-state index is 1.10. The molecule has 0 nitrogen and oxygen atoms in total. The van der Waals surface area contributed by atoms with Crippen molar-refractivity contribution in [2.45, 2.75) is 13.8 Å². The lowest BCUT2D eigenvalue weighted by molar-refractivity contribution is 1.52. The first kappa shape index (κ1) is 29.0. The molecule has 0 aliphatic rings. The zero-order chi connectivity index (χ0) is 31.6. The number of fused-ring (bicyclic) bond motifs is 3. The molecule has 0 saturated heterocycles. The summed E-state index contributed by atoms with van der Waals surface area (Å²) in [7, 11) is 0. The van der Waals surface area contributed by atoms with Crippen molar-refractivity contribution in [1.82, 2.24) is 0 Å². The van der Waals surface area contributed by atoms with E-state index in [0.29, 0.717) is 0 Å². The van der Waals surface area contributed by atoms with Gasteiger partial charge in [0.15, 0.2) is 0 Å². The van der Waals surface area contributed by atoms with Crippen molar-refractivity contribution in [3.8, 4) is 44.5 Å². The molecule has 7 aromatic carbocycles. The lowest BCUT2D eigenvalue weighted by atomic mass is 9.83. The predicted octanol–water partition coefficient (Wildman–Crippen LogP) is 13.4. The molecule has 0 heterocycles. The summed E-state index contributed by atoms with van der Waals surface area (Å²) in [5.74, 6) is 0. The summed E-state index contributed by atoms with van der Waals surface area (Å²) in [5, 5.41) is 4.85. The van der Waals surface area contributed by atoms with Gasteiger partial charge in [0.2, 0.25) is 0 Å². The van der Waals surface area contributed by atoms with Crippen molar-refractivity contribution in [1.29, 1.82) is 0 Å². The van der Waals surface area contributed by atoms with Gasteiger partial charge in [-0.3, -0.25) is 0 Å². The molecule has 0 unspecified atom stereocenters. The molecule has 220 valence electrons. The van der Waals surface area contributed by atoms with Crippen LogP contribution in [0.3, 0.4) is 0 Å². The highest BCUT2D eigenvalue weighted by molar-refractivity contribution is 6.18. The Morgan fingerprint density at radius 3 is 1.67 bits per heavy atom. The Bertz CT molecular complexity index is 2280. The first-order chi connectivity index (χ1) is 22.6. The van der Waals surface area contributed by atoms with Crippen molar-refractivity contribution >= 4 is 39.3 Å². The monoisotopic (exact) mass is 588 g/mol. The van der Waals surface area contributed by atoms with Gasteiger partial charge >= 0.3 is 0 Å². The van der Waals surface area contributed by atoms with Crippen LogP contribution in [0.15, 0.2) is 159 Å². The fourth-order valence-corrected chi connectivity index (χ4v) is 6.83. The molecule has 7 aromatic rings. The molecule has 0 fully saturated rings. The van der Waals surface area contributed by atoms with E-state index in [1.165, 1.54) is 77.2 Å². The number of hydrogen-bond acceptors (Lipinski definition) is 0. The topological polar surface area (TPSA) is 0 Å². The summed E-state index contributed by atoms with van der Waals surface area (Å²) in [6.45, 7) is 12.9. The maximum atomic E-state index is 4.32. The normalized spacial score (nSPS) is 11.6. The summed E-state index contributed by atoms with van der Waals surface area (Å²) in [6, 6.07) is 50.4. The molecule has 0 aliphatic heterocycles. The summed E-state index contributed by atoms with van der Waals surface area (Å²) >= 11 is 0. The van der Waals surface area contributed by atoms with Crippen molar-refractivity contribution < 1.29 is 0 Å². The second-order valence-corrected chi connectivity index (χ2v) is 11.7. The minimum Gasteiger partial charge on any atom is -0.0984 e. The molecule has 0 N–H and O–H groups in total. The second kappa shape index (κ2) is 12.3. The Hall–Kier alpha value is -5.72. The van der Waals surface area contributed by atoms with E-state index in [9.17, 15) is 0 Å². The van der Waals surface area contributed by atoms with Crippen LogP contribution in [0.4, 0.5) is 0 Å². The molecule has 0 saturated carbocycles. The van der Waals surface area contributed by atoms with Gasteiger partial charge in [-0.25, -0.2) is 0 Å². The van der Waals surface area contributed by atoms with Gasteiger partial charge in [0, 0.05) is 0 Å². The fourth-order valence-electron chi connectivity index (χ4n) is 6.83. The van der Waals surface area contributed by atoms with E-state index in [1.807, 2.05) is 12.2 Å². The Kier molecular flexibility index (Phi) is 7.79. The molecule has 0 atom stereocenters. The third kappa shape index (κ3) is 4.99. The molecular formula is C46H36. The Morgan fingerprint density at radius 2 is 0.978 bits per heavy atom. The van der Waals surface area contributed by atoms with Gasteiger partial charge < -0.3 is 0 Å². The maximum absolute atomic E-state index is 4.32. The number of hydrogen-bond donors (Lipinski definition) is 0. The molecule has 46 heavy (non-hydrogen) atoms. The Morgan fingerprint density at radius 1 is 0.435 bits per heavy atom. The molecule has 0 spiro atoms. The van der Waals surface area contributed by atoms with Crippen LogP contribution in [0.2, 0.25) is 0 Å². The highest BCUT2D eigenvalue weighted by atomic mass is 14.2. The van der Waals surface area contributed by atoms with Crippen LogP contribution < -0.4 is 0 Å². The van der Waals surface area contributed by atoms with E-state index in [-0.39, 0.29) is 0 Å². The SMILES string of the molecule is C=Cc1c(-c2ccccc2/C(C)=C/C)cc2c(cc(-c3ccccc3-c3ccc(-c4ccccc4)cc3)c3ccccc32)c1C=C. The summed E-state index contributed by atoms with van der Waals surface area (Å²) in [5.41, 5.74) is 14.3. The molecule has 0 aromatic heterocycles. The molecule has 0 bridgehead atoms. The largest absolute Gasteiger partial charge is 0.0984 e. The molecule has 0 radical (unpaired) electrons. The zero-order valence-electron chi connectivity index (χ0n) is 26.4. The Labute approximate surface area is 272 Å². The highest BCUT2D eigenvalue weighted by Crippen LogP contribution is 2.44. The van der Waals surface area contributed by atoms with Crippen LogP contribution in [-0.2, 0) is 0 Å². The van der Waals surface area contributed by atoms with Gasteiger partial charge in [0.1, 0.15) is 0 Å². The third-order valence-corrected chi connectivity index (χ3v) is 9.25. The lowest BCUT2D eigenvalue weighted by Gasteiger charge is -2.20. The van der Waals surface area contributed by atoms with Crippen LogP contribution in [0.1, 0.15) is 30.5 Å². The predicted molar refractivity (Wildman–Crippen MR) is 203 cm³/mol. The fraction of sp³-hybridized carbons (Fsp3) is 0.0435. The quantitative estimate of drug-likeness (QED) is 0.162. The molecule has 7 rings (SSSR count). The maximum Gasteiger partial charge on any atom is -0.00923 e. The van der Waals surface area contributed by atoms with Gasteiger partial charge in [-0.1, -0.05) is 159 Å². The van der Waals surface area contributed by atoms with Crippen LogP contribution >= 0.6 is 0 Å². The summed E-state index contributed by atoms with van der Waals surface area (Å²) in [6.07, 6.45) is 6.17. The first-order valence-corrected chi connectivity index (χ1v) is 15.9. The van der Waals surface area contributed by atoms with Crippen molar-refractivity contribution in [3.63, 3.8) is 0 Å². The smallest absolute Gasteiger partial charge is 0.00923 e. The van der Waals surface area contributed by atoms with Crippen LogP contribution in [-0.4, -0.2) is 0 Å². The van der Waals surface area contributed by atoms with Crippen LogP contribution in [0.25, 0.3) is 83.8 Å². The van der Waals surface area contributed by atoms with Crippen LogP contribution in [0, 0.1) is 0 Å². The van der Waals surface area contributed by atoms with Gasteiger partial charge in [0.05, 0.1) is 0 Å². The standard InChI is InChI=1S/C46H36/c1-5-31(4)37-19-11-13-21-39(37)43-29-46-42-24-16-15-23-41(42)45(30-44(46)36(7-3)35(43)6-2)40-22-14-12-20-38(40)34-27-25-33(26-28-34)32-17-9-8-10-18-32/h5-30H,2-3H2,1,4H3/b31-5+. The minimum atomic E-state index is 1.10. The lowest BCUT2D eigenvalue weighted by Crippen LogP contribution is -1.96. The van der Waals surface area contributed by atoms with E-state index in [2.05, 4.69) is 173 Å². The molecule has 0 heteroatoms. The van der Waals surface area contributed by atoms with Gasteiger partial charge in [-0.2, -0.15) is 0 Å². The summed E-state index contributed by atoms with van der Waals surface area (Å²) < 4.78 is 0. The Balaban J connectivity index is 1.49. The zero-order valence-corrected chi connectivity index (χ0v) is 26.4. The van der Waals surface area contributed by atoms with Gasteiger partial charge in [-0.05, 0) is 114 Å². The third-order valence-electron chi connectivity index (χ3n) is 9.25. The molecule has 0 amide bonds. The van der Waals surface area contributed by atoms with Crippen molar-refractivity contribution in [3.05, 3.63) is 175 Å². The average Bonchev–Trinajstić information content (AvgIpc) is 3.13. The van der Waals surface area contributed by atoms with E-state index >= 15 is 0 Å². The molecular weight excluding hydrogens is 553 g/mol. The highest BCUT2D eigenvalue weighted by Gasteiger charge is 2.19. The number of rotatable bonds is 7. The average molecular weight is 589 g/mol. The molecule has 0 aliphatic carbocycles. The van der Waals surface area contributed by atoms with Crippen molar-refractivity contribution in [2.75, 3.05) is 0 Å². The van der Waals surface area contributed by atoms with Crippen molar-refractivity contribution in [2.24, 2.45) is 0 Å². The van der Waals surface area contributed by atoms with Gasteiger partial charge in [-0.15, -0.1) is 0 Å². The van der Waals surface area contributed by atoms with E-state index in [0.717, 1.165) is 11.1 Å². The van der Waals surface area contributed by atoms with Crippen LogP contribution in [0.5, 0.6) is 0 Å². The van der Waals surface area contributed by atoms with E-state index in [1.54, 1.807) is 0 Å². The number of allylic oxidation sites excluding steroid dienone is 2. The second-order valence-electron chi connectivity index (χ2n) is 11.7. The van der Waals surface area contributed by atoms with E-state index in [4.69, 9.17) is 0 Å².